The van der Waals surface area contributed by atoms with E-state index in [0.717, 1.165) is 10.9 Å². The summed E-state index contributed by atoms with van der Waals surface area (Å²) in [5.74, 6) is -1.06. The van der Waals surface area contributed by atoms with E-state index in [4.69, 9.17) is 9.47 Å². The fourth-order valence-electron chi connectivity index (χ4n) is 2.57. The number of fused-ring (bicyclic) bond motifs is 1. The van der Waals surface area contributed by atoms with Crippen molar-refractivity contribution in [3.05, 3.63) is 63.9 Å². The number of ether oxygens (including phenoxy) is 2. The van der Waals surface area contributed by atoms with Gasteiger partial charge in [0.15, 0.2) is 17.3 Å². The number of hydrogen-bond donors (Lipinski definition) is 0. The van der Waals surface area contributed by atoms with Crippen molar-refractivity contribution in [3.63, 3.8) is 0 Å². The van der Waals surface area contributed by atoms with Gasteiger partial charge >= 0.3 is 5.97 Å². The van der Waals surface area contributed by atoms with E-state index in [1.807, 2.05) is 0 Å². The molecule has 5 nitrogen and oxygen atoms in total. The van der Waals surface area contributed by atoms with Gasteiger partial charge in [0.1, 0.15) is 9.71 Å². The number of aryl methyl sites for hydroxylation is 1. The summed E-state index contributed by atoms with van der Waals surface area (Å²) >= 11 is 1.22. The number of methoxy groups -OCH3 is 2. The fourth-order valence-corrected chi connectivity index (χ4v) is 3.62. The van der Waals surface area contributed by atoms with Crippen molar-refractivity contribution in [2.75, 3.05) is 14.2 Å². The van der Waals surface area contributed by atoms with E-state index in [9.17, 15) is 14.0 Å². The summed E-state index contributed by atoms with van der Waals surface area (Å²) in [5, 5.41) is 0.732. The molecule has 0 radical (unpaired) electrons. The number of allylic oxidation sites excluding steroid dienone is 1. The number of rotatable bonds is 5. The Bertz CT molecular complexity index is 1070. The Morgan fingerprint density at radius 1 is 1.22 bits per heavy atom. The molecule has 0 aliphatic rings. The number of benzene rings is 1. The van der Waals surface area contributed by atoms with Gasteiger partial charge in [-0.2, -0.15) is 0 Å². The number of carbonyl (C=O) groups is 2. The van der Waals surface area contributed by atoms with Gasteiger partial charge in [0.2, 0.25) is 0 Å². The predicted octanol–water partition coefficient (Wildman–Crippen LogP) is 4.44. The number of aromatic nitrogens is 1. The quantitative estimate of drug-likeness (QED) is 0.369. The van der Waals surface area contributed by atoms with Crippen LogP contribution in [0.15, 0.2) is 36.5 Å². The van der Waals surface area contributed by atoms with E-state index >= 15 is 0 Å². The highest BCUT2D eigenvalue weighted by atomic mass is 32.1. The number of esters is 1. The molecule has 138 valence electrons. The first kappa shape index (κ1) is 18.7. The minimum absolute atomic E-state index is 0.141. The lowest BCUT2D eigenvalue weighted by Crippen LogP contribution is -1.99. The number of nitrogens with zero attached hydrogens (tertiary/aromatic N) is 1. The second kappa shape index (κ2) is 7.67. The third kappa shape index (κ3) is 3.73. The van der Waals surface area contributed by atoms with Crippen LogP contribution in [0.25, 0.3) is 16.3 Å². The zero-order valence-corrected chi connectivity index (χ0v) is 15.7. The second-order valence-corrected chi connectivity index (χ2v) is 6.72. The summed E-state index contributed by atoms with van der Waals surface area (Å²) in [7, 11) is 2.71. The molecule has 0 aliphatic carbocycles. The van der Waals surface area contributed by atoms with Crippen molar-refractivity contribution in [1.82, 2.24) is 4.98 Å². The largest absolute Gasteiger partial charge is 0.494 e. The number of pyridine rings is 1. The number of hydrogen-bond acceptors (Lipinski definition) is 6. The zero-order valence-electron chi connectivity index (χ0n) is 14.9. The molecular formula is C20H16FNO4S. The monoisotopic (exact) mass is 385 g/mol. The third-order valence-electron chi connectivity index (χ3n) is 4.05. The van der Waals surface area contributed by atoms with Gasteiger partial charge in [-0.15, -0.1) is 11.3 Å². The molecule has 0 saturated heterocycles. The van der Waals surface area contributed by atoms with Crippen LogP contribution in [0.1, 0.15) is 31.2 Å². The average Bonchev–Trinajstić information content (AvgIpc) is 3.01. The maximum Gasteiger partial charge on any atom is 0.348 e. The van der Waals surface area contributed by atoms with Crippen LogP contribution in [-0.4, -0.2) is 31.0 Å². The van der Waals surface area contributed by atoms with Gasteiger partial charge in [0.25, 0.3) is 0 Å². The SMILES string of the molecule is COC(=O)c1sc2ncc(C(=O)/C=C/c3ccc(OC)c(F)c3)cc2c1C. The first-order chi connectivity index (χ1) is 12.9. The van der Waals surface area contributed by atoms with E-state index in [-0.39, 0.29) is 11.5 Å². The van der Waals surface area contributed by atoms with Gasteiger partial charge in [-0.25, -0.2) is 14.2 Å². The zero-order chi connectivity index (χ0) is 19.6. The smallest absolute Gasteiger partial charge is 0.348 e. The van der Waals surface area contributed by atoms with Crippen LogP contribution in [0.5, 0.6) is 5.75 Å². The summed E-state index contributed by atoms with van der Waals surface area (Å²) in [6.45, 7) is 1.79. The molecule has 2 heterocycles. The first-order valence-electron chi connectivity index (χ1n) is 7.98. The summed E-state index contributed by atoms with van der Waals surface area (Å²) in [6.07, 6.45) is 4.34. The third-order valence-corrected chi connectivity index (χ3v) is 5.25. The number of halogens is 1. The Balaban J connectivity index is 1.88. The van der Waals surface area contributed by atoms with Gasteiger partial charge < -0.3 is 9.47 Å². The molecule has 0 aliphatic heterocycles. The van der Waals surface area contributed by atoms with Crippen LogP contribution < -0.4 is 4.74 Å². The Labute approximate surface area is 159 Å². The minimum Gasteiger partial charge on any atom is -0.494 e. The lowest BCUT2D eigenvalue weighted by atomic mass is 10.1. The van der Waals surface area contributed by atoms with Gasteiger partial charge in [0.05, 0.1) is 14.2 Å². The summed E-state index contributed by atoms with van der Waals surface area (Å²) in [6, 6.07) is 6.13. The normalized spacial score (nSPS) is 11.1. The topological polar surface area (TPSA) is 65.5 Å². The lowest BCUT2D eigenvalue weighted by molar-refractivity contribution is 0.0605. The maximum atomic E-state index is 13.7. The van der Waals surface area contributed by atoms with Crippen LogP contribution >= 0.6 is 11.3 Å². The van der Waals surface area contributed by atoms with E-state index in [1.54, 1.807) is 19.1 Å². The van der Waals surface area contributed by atoms with Gasteiger partial charge in [0, 0.05) is 17.1 Å². The van der Waals surface area contributed by atoms with Crippen molar-refractivity contribution < 1.29 is 23.5 Å². The molecule has 0 N–H and O–H groups in total. The van der Waals surface area contributed by atoms with Crippen LogP contribution in [0.2, 0.25) is 0 Å². The highest BCUT2D eigenvalue weighted by Gasteiger charge is 2.17. The minimum atomic E-state index is -0.501. The molecule has 0 fully saturated rings. The second-order valence-electron chi connectivity index (χ2n) is 5.72. The number of ketones is 1. The highest BCUT2D eigenvalue weighted by molar-refractivity contribution is 7.20. The summed E-state index contributed by atoms with van der Waals surface area (Å²) in [4.78, 5) is 29.6. The maximum absolute atomic E-state index is 13.7. The molecule has 7 heteroatoms. The van der Waals surface area contributed by atoms with Crippen molar-refractivity contribution in [3.8, 4) is 5.75 Å². The highest BCUT2D eigenvalue weighted by Crippen LogP contribution is 2.30. The molecule has 0 amide bonds. The standard InChI is InChI=1S/C20H16FNO4S/c1-11-14-9-13(10-22-19(14)27-18(11)20(24)26-3)16(23)6-4-12-5-7-17(25-2)15(21)8-12/h4-10H,1-3H3/b6-4+. The molecule has 1 aromatic carbocycles. The van der Waals surface area contributed by atoms with E-state index < -0.39 is 11.8 Å². The lowest BCUT2D eigenvalue weighted by Gasteiger charge is -2.02. The fraction of sp³-hybridized carbons (Fsp3) is 0.150. The number of thiophene rings is 1. The van der Waals surface area contributed by atoms with Gasteiger partial charge in [-0.05, 0) is 42.3 Å². The van der Waals surface area contributed by atoms with Crippen LogP contribution in [0.3, 0.4) is 0 Å². The van der Waals surface area contributed by atoms with Crippen LogP contribution in [0.4, 0.5) is 4.39 Å². The van der Waals surface area contributed by atoms with Crippen molar-refractivity contribution in [2.45, 2.75) is 6.92 Å². The Kier molecular flexibility index (Phi) is 5.32. The predicted molar refractivity (Wildman–Crippen MR) is 102 cm³/mol. The summed E-state index contributed by atoms with van der Waals surface area (Å²) in [5.41, 5.74) is 1.64. The summed E-state index contributed by atoms with van der Waals surface area (Å²) < 4.78 is 23.4. The molecule has 27 heavy (non-hydrogen) atoms. The molecule has 0 saturated carbocycles. The van der Waals surface area contributed by atoms with E-state index in [0.29, 0.717) is 20.8 Å². The molecule has 0 unspecified atom stereocenters. The van der Waals surface area contributed by atoms with Crippen molar-refractivity contribution in [2.24, 2.45) is 0 Å². The van der Waals surface area contributed by atoms with E-state index in [1.165, 1.54) is 56.0 Å². The first-order valence-corrected chi connectivity index (χ1v) is 8.79. The molecular weight excluding hydrogens is 369 g/mol. The Morgan fingerprint density at radius 2 is 2.00 bits per heavy atom. The molecule has 3 aromatic rings. The van der Waals surface area contributed by atoms with Crippen LogP contribution in [0, 0.1) is 12.7 Å². The number of carbonyl (C=O) groups excluding carboxylic acids is 2. The van der Waals surface area contributed by atoms with Crippen molar-refractivity contribution in [1.29, 1.82) is 0 Å². The van der Waals surface area contributed by atoms with Gasteiger partial charge in [-0.1, -0.05) is 12.1 Å². The van der Waals surface area contributed by atoms with Crippen LogP contribution in [-0.2, 0) is 4.74 Å². The Hall–Kier alpha value is -3.06. The Morgan fingerprint density at radius 3 is 2.67 bits per heavy atom. The molecule has 0 bridgehead atoms. The van der Waals surface area contributed by atoms with Gasteiger partial charge in [-0.3, -0.25) is 4.79 Å². The molecule has 0 spiro atoms. The molecule has 2 aromatic heterocycles. The molecule has 3 rings (SSSR count). The molecule has 0 atom stereocenters. The van der Waals surface area contributed by atoms with E-state index in [2.05, 4.69) is 4.98 Å². The average molecular weight is 385 g/mol. The van der Waals surface area contributed by atoms with Crippen molar-refractivity contribution >= 4 is 39.4 Å².